The van der Waals surface area contributed by atoms with Gasteiger partial charge in [-0.15, -0.1) is 0 Å². The lowest BCUT2D eigenvalue weighted by Gasteiger charge is -2.20. The number of benzene rings is 1. The second kappa shape index (κ2) is 4.58. The van der Waals surface area contributed by atoms with Crippen molar-refractivity contribution in [3.63, 3.8) is 0 Å². The minimum atomic E-state index is -0.727. The molecule has 1 aromatic rings. The summed E-state index contributed by atoms with van der Waals surface area (Å²) in [6.45, 7) is 0.797. The fourth-order valence-electron chi connectivity index (χ4n) is 2.98. The first-order valence-corrected chi connectivity index (χ1v) is 6.48. The monoisotopic (exact) mass is 243 g/mol. The molecule has 0 spiro atoms. The summed E-state index contributed by atoms with van der Waals surface area (Å²) in [4.78, 5) is 10.9. The van der Waals surface area contributed by atoms with Crippen molar-refractivity contribution in [2.24, 2.45) is 5.92 Å². The van der Waals surface area contributed by atoms with Gasteiger partial charge >= 0.3 is 5.97 Å². The van der Waals surface area contributed by atoms with Gasteiger partial charge in [0.1, 0.15) is 6.04 Å². The molecule has 94 valence electrons. The summed E-state index contributed by atoms with van der Waals surface area (Å²) in [5, 5.41) is 12.1. The predicted octanol–water partition coefficient (Wildman–Crippen LogP) is 2.08. The van der Waals surface area contributed by atoms with E-state index >= 15 is 0 Å². The van der Waals surface area contributed by atoms with Crippen LogP contribution in [0.4, 0.5) is 0 Å². The molecule has 0 radical (unpaired) electrons. The summed E-state index contributed by atoms with van der Waals surface area (Å²) < 4.78 is 0. The van der Waals surface area contributed by atoms with Gasteiger partial charge in [0.25, 0.3) is 0 Å². The van der Waals surface area contributed by atoms with Crippen molar-refractivity contribution in [2.45, 2.75) is 25.3 Å². The van der Waals surface area contributed by atoms with Crippen molar-refractivity contribution in [1.82, 2.24) is 5.32 Å². The van der Waals surface area contributed by atoms with Crippen LogP contribution in [-0.4, -0.2) is 23.7 Å². The van der Waals surface area contributed by atoms with Gasteiger partial charge in [-0.2, -0.15) is 0 Å². The fraction of sp³-hybridized carbons (Fsp3) is 0.400. The molecule has 2 atom stereocenters. The van der Waals surface area contributed by atoms with Crippen molar-refractivity contribution >= 4 is 12.0 Å². The number of fused-ring (bicyclic) bond motifs is 1. The van der Waals surface area contributed by atoms with Crippen molar-refractivity contribution in [3.8, 4) is 0 Å². The molecular formula is C15H17NO2. The Morgan fingerprint density at radius 3 is 2.89 bits per heavy atom. The van der Waals surface area contributed by atoms with E-state index < -0.39 is 5.97 Å². The SMILES string of the molecule is O=C(O)[C@@H]1CC(C2=Cc3ccccc3CC2)CN1. The Labute approximate surface area is 107 Å². The number of carboxylic acid groups (broad SMARTS) is 1. The van der Waals surface area contributed by atoms with Crippen LogP contribution in [0.3, 0.4) is 0 Å². The smallest absolute Gasteiger partial charge is 0.320 e. The molecule has 1 aromatic carbocycles. The molecule has 3 nitrogen and oxygen atoms in total. The largest absolute Gasteiger partial charge is 0.480 e. The molecular weight excluding hydrogens is 226 g/mol. The molecule has 3 rings (SSSR count). The molecule has 1 unspecified atom stereocenters. The van der Waals surface area contributed by atoms with Crippen LogP contribution in [0.25, 0.3) is 6.08 Å². The van der Waals surface area contributed by atoms with Crippen LogP contribution in [0.15, 0.2) is 29.8 Å². The Balaban J connectivity index is 1.79. The maximum Gasteiger partial charge on any atom is 0.320 e. The van der Waals surface area contributed by atoms with Crippen LogP contribution in [-0.2, 0) is 11.2 Å². The number of aliphatic carboxylic acids is 1. The molecule has 1 fully saturated rings. The molecule has 1 aliphatic carbocycles. The van der Waals surface area contributed by atoms with E-state index in [-0.39, 0.29) is 6.04 Å². The summed E-state index contributed by atoms with van der Waals surface area (Å²) in [5.41, 5.74) is 4.12. The zero-order valence-electron chi connectivity index (χ0n) is 10.2. The Bertz CT molecular complexity index is 507. The van der Waals surface area contributed by atoms with Gasteiger partial charge in [-0.25, -0.2) is 0 Å². The van der Waals surface area contributed by atoms with E-state index in [1.807, 2.05) is 0 Å². The molecule has 18 heavy (non-hydrogen) atoms. The van der Waals surface area contributed by atoms with E-state index in [2.05, 4.69) is 35.7 Å². The highest BCUT2D eigenvalue weighted by Crippen LogP contribution is 2.32. The van der Waals surface area contributed by atoms with Gasteiger partial charge in [0.15, 0.2) is 0 Å². The first-order chi connectivity index (χ1) is 8.74. The summed E-state index contributed by atoms with van der Waals surface area (Å²) in [6.07, 6.45) is 5.13. The highest BCUT2D eigenvalue weighted by Gasteiger charge is 2.31. The average Bonchev–Trinajstić information content (AvgIpc) is 2.88. The van der Waals surface area contributed by atoms with E-state index in [1.54, 1.807) is 0 Å². The molecule has 2 aliphatic rings. The Morgan fingerprint density at radius 2 is 2.11 bits per heavy atom. The van der Waals surface area contributed by atoms with Crippen LogP contribution in [0, 0.1) is 5.92 Å². The number of carbonyl (C=O) groups is 1. The van der Waals surface area contributed by atoms with Gasteiger partial charge in [-0.3, -0.25) is 4.79 Å². The molecule has 3 heteroatoms. The molecule has 2 N–H and O–H groups in total. The summed E-state index contributed by atoms with van der Waals surface area (Å²) in [5.74, 6) is -0.339. The van der Waals surface area contributed by atoms with E-state index in [9.17, 15) is 4.79 Å². The van der Waals surface area contributed by atoms with Gasteiger partial charge in [0.05, 0.1) is 0 Å². The highest BCUT2D eigenvalue weighted by atomic mass is 16.4. The van der Waals surface area contributed by atoms with Crippen LogP contribution >= 0.6 is 0 Å². The minimum Gasteiger partial charge on any atom is -0.480 e. The number of carboxylic acids is 1. The van der Waals surface area contributed by atoms with Crippen LogP contribution in [0.1, 0.15) is 24.0 Å². The van der Waals surface area contributed by atoms with Crippen LogP contribution < -0.4 is 5.32 Å². The quantitative estimate of drug-likeness (QED) is 0.836. The second-order valence-electron chi connectivity index (χ2n) is 5.15. The number of aryl methyl sites for hydroxylation is 1. The average molecular weight is 243 g/mol. The number of nitrogens with one attached hydrogen (secondary N) is 1. The molecule has 0 saturated carbocycles. The Hall–Kier alpha value is -1.61. The summed E-state index contributed by atoms with van der Waals surface area (Å²) in [7, 11) is 0. The highest BCUT2D eigenvalue weighted by molar-refractivity contribution is 5.74. The van der Waals surface area contributed by atoms with Gasteiger partial charge < -0.3 is 10.4 Å². The fourth-order valence-corrected chi connectivity index (χ4v) is 2.98. The van der Waals surface area contributed by atoms with E-state index in [1.165, 1.54) is 16.7 Å². The number of hydrogen-bond acceptors (Lipinski definition) is 2. The van der Waals surface area contributed by atoms with E-state index in [0.29, 0.717) is 5.92 Å². The molecule has 0 amide bonds. The maximum atomic E-state index is 10.9. The first kappa shape index (κ1) is 11.5. The minimum absolute atomic E-state index is 0.368. The summed E-state index contributed by atoms with van der Waals surface area (Å²) >= 11 is 0. The lowest BCUT2D eigenvalue weighted by molar-refractivity contribution is -0.139. The zero-order chi connectivity index (χ0) is 12.5. The van der Waals surface area contributed by atoms with Crippen LogP contribution in [0.5, 0.6) is 0 Å². The van der Waals surface area contributed by atoms with E-state index in [4.69, 9.17) is 5.11 Å². The number of rotatable bonds is 2. The van der Waals surface area contributed by atoms with Gasteiger partial charge in [-0.1, -0.05) is 35.9 Å². The molecule has 1 heterocycles. The van der Waals surface area contributed by atoms with E-state index in [0.717, 1.165) is 25.8 Å². The third kappa shape index (κ3) is 2.06. The van der Waals surface area contributed by atoms with Crippen molar-refractivity contribution in [1.29, 1.82) is 0 Å². The molecule has 1 aliphatic heterocycles. The van der Waals surface area contributed by atoms with Gasteiger partial charge in [0.2, 0.25) is 0 Å². The Kier molecular flexibility index (Phi) is 2.92. The Morgan fingerprint density at radius 1 is 1.28 bits per heavy atom. The molecule has 0 aromatic heterocycles. The zero-order valence-corrected chi connectivity index (χ0v) is 10.2. The lowest BCUT2D eigenvalue weighted by Crippen LogP contribution is -2.29. The number of hydrogen-bond donors (Lipinski definition) is 2. The molecule has 0 bridgehead atoms. The lowest BCUT2D eigenvalue weighted by atomic mass is 9.84. The van der Waals surface area contributed by atoms with Crippen molar-refractivity contribution < 1.29 is 9.90 Å². The topological polar surface area (TPSA) is 49.3 Å². The van der Waals surface area contributed by atoms with Gasteiger partial charge in [0, 0.05) is 6.54 Å². The second-order valence-corrected chi connectivity index (χ2v) is 5.15. The molecule has 1 saturated heterocycles. The normalized spacial score (nSPS) is 26.6. The van der Waals surface area contributed by atoms with Gasteiger partial charge in [-0.05, 0) is 36.3 Å². The third-order valence-electron chi connectivity index (χ3n) is 4.03. The maximum absolute atomic E-state index is 10.9. The summed E-state index contributed by atoms with van der Waals surface area (Å²) in [6, 6.07) is 8.09. The predicted molar refractivity (Wildman–Crippen MR) is 70.3 cm³/mol. The standard InChI is InChI=1S/C15H17NO2/c17-15(18)14-8-13(9-16-14)12-6-5-10-3-1-2-4-11(10)7-12/h1-4,7,13-14,16H,5-6,8-9H2,(H,17,18)/t13?,14-/m0/s1. The first-order valence-electron chi connectivity index (χ1n) is 6.48. The van der Waals surface area contributed by atoms with Crippen molar-refractivity contribution in [3.05, 3.63) is 41.0 Å². The van der Waals surface area contributed by atoms with Crippen molar-refractivity contribution in [2.75, 3.05) is 6.54 Å². The third-order valence-corrected chi connectivity index (χ3v) is 4.03. The van der Waals surface area contributed by atoms with Crippen LogP contribution in [0.2, 0.25) is 0 Å².